The molecule has 2 saturated heterocycles. The molecule has 2 aliphatic rings. The average Bonchev–Trinajstić information content (AvgIpc) is 3.14. The SMILES string of the molecule is O=C(N[C@H]1C[C@H]2CCN(C2)C1)c1ccc(-c2cccc(O)c2)o1. The van der Waals surface area contributed by atoms with E-state index in [-0.39, 0.29) is 17.7 Å². The number of nitrogens with zero attached hydrogens (tertiary/aromatic N) is 1. The van der Waals surface area contributed by atoms with Crippen molar-refractivity contribution in [3.63, 3.8) is 0 Å². The van der Waals surface area contributed by atoms with Crippen molar-refractivity contribution in [2.75, 3.05) is 19.6 Å². The number of hydrogen-bond acceptors (Lipinski definition) is 4. The summed E-state index contributed by atoms with van der Waals surface area (Å²) in [7, 11) is 0. The number of carbonyl (C=O) groups excluding carboxylic acids is 1. The van der Waals surface area contributed by atoms with E-state index in [0.717, 1.165) is 25.1 Å². The zero-order valence-corrected chi connectivity index (χ0v) is 12.9. The van der Waals surface area contributed by atoms with Crippen molar-refractivity contribution in [2.24, 2.45) is 5.92 Å². The first kappa shape index (κ1) is 14.3. The molecule has 1 aromatic heterocycles. The van der Waals surface area contributed by atoms with Gasteiger partial charge in [0.05, 0.1) is 0 Å². The van der Waals surface area contributed by atoms with Crippen molar-refractivity contribution >= 4 is 5.91 Å². The number of fused-ring (bicyclic) bond motifs is 2. The van der Waals surface area contributed by atoms with E-state index < -0.39 is 0 Å². The van der Waals surface area contributed by atoms with Gasteiger partial charge in [0.2, 0.25) is 0 Å². The lowest BCUT2D eigenvalue weighted by atomic mass is 9.97. The molecule has 0 radical (unpaired) electrons. The maximum absolute atomic E-state index is 12.4. The molecule has 3 heterocycles. The highest BCUT2D eigenvalue weighted by Crippen LogP contribution is 2.28. The molecule has 2 aromatic rings. The Balaban J connectivity index is 1.45. The van der Waals surface area contributed by atoms with Gasteiger partial charge in [0, 0.05) is 24.7 Å². The van der Waals surface area contributed by atoms with Gasteiger partial charge in [-0.25, -0.2) is 0 Å². The van der Waals surface area contributed by atoms with E-state index in [1.165, 1.54) is 13.0 Å². The molecule has 2 bridgehead atoms. The van der Waals surface area contributed by atoms with E-state index in [0.29, 0.717) is 17.4 Å². The Bertz CT molecular complexity index is 713. The molecule has 23 heavy (non-hydrogen) atoms. The first-order valence-corrected chi connectivity index (χ1v) is 8.10. The first-order chi connectivity index (χ1) is 11.2. The third-order valence-electron chi connectivity index (χ3n) is 4.76. The van der Waals surface area contributed by atoms with Crippen LogP contribution in [0.15, 0.2) is 40.8 Å². The summed E-state index contributed by atoms with van der Waals surface area (Å²) in [5.41, 5.74) is 0.755. The largest absolute Gasteiger partial charge is 0.508 e. The summed E-state index contributed by atoms with van der Waals surface area (Å²) < 4.78 is 5.66. The van der Waals surface area contributed by atoms with Crippen LogP contribution in [0.1, 0.15) is 23.4 Å². The number of aromatic hydroxyl groups is 1. The van der Waals surface area contributed by atoms with Crippen molar-refractivity contribution < 1.29 is 14.3 Å². The van der Waals surface area contributed by atoms with Gasteiger partial charge >= 0.3 is 0 Å². The third-order valence-corrected chi connectivity index (χ3v) is 4.76. The highest BCUT2D eigenvalue weighted by Gasteiger charge is 2.33. The number of hydrogen-bond donors (Lipinski definition) is 2. The monoisotopic (exact) mass is 312 g/mol. The van der Waals surface area contributed by atoms with Crippen molar-refractivity contribution in [2.45, 2.75) is 18.9 Å². The second kappa shape index (κ2) is 5.74. The minimum atomic E-state index is -0.163. The van der Waals surface area contributed by atoms with Crippen molar-refractivity contribution in [1.82, 2.24) is 10.2 Å². The van der Waals surface area contributed by atoms with Crippen molar-refractivity contribution in [1.29, 1.82) is 0 Å². The van der Waals surface area contributed by atoms with Crippen LogP contribution in [0.4, 0.5) is 0 Å². The molecule has 120 valence electrons. The molecule has 0 aliphatic carbocycles. The normalized spacial score (nSPS) is 26.2. The fourth-order valence-corrected chi connectivity index (χ4v) is 3.69. The Labute approximate surface area is 134 Å². The molecule has 1 amide bonds. The Hall–Kier alpha value is -2.27. The van der Waals surface area contributed by atoms with Gasteiger partial charge in [-0.1, -0.05) is 12.1 Å². The molecule has 1 aromatic carbocycles. The standard InChI is InChI=1S/C18H20N2O3/c21-15-3-1-2-13(9-15)16-4-5-17(23-16)18(22)19-14-8-12-6-7-20(10-12)11-14/h1-5,9,12,14,21H,6-8,10-11H2,(H,19,22)/t12-,14+/m1/s1. The van der Waals surface area contributed by atoms with Crippen LogP contribution in [0.3, 0.4) is 0 Å². The fourth-order valence-electron chi connectivity index (χ4n) is 3.69. The Kier molecular flexibility index (Phi) is 3.58. The number of benzene rings is 1. The molecular formula is C18H20N2O3. The Morgan fingerprint density at radius 1 is 1.26 bits per heavy atom. The number of rotatable bonds is 3. The van der Waals surface area contributed by atoms with Crippen molar-refractivity contribution in [3.8, 4) is 17.1 Å². The molecule has 1 unspecified atom stereocenters. The molecule has 2 fully saturated rings. The van der Waals surface area contributed by atoms with Gasteiger partial charge < -0.3 is 19.7 Å². The summed E-state index contributed by atoms with van der Waals surface area (Å²) in [4.78, 5) is 14.8. The van der Waals surface area contributed by atoms with Gasteiger partial charge in [-0.2, -0.15) is 0 Å². The van der Waals surface area contributed by atoms with Gasteiger partial charge in [-0.15, -0.1) is 0 Å². The average molecular weight is 312 g/mol. The smallest absolute Gasteiger partial charge is 0.287 e. The maximum Gasteiger partial charge on any atom is 0.287 e. The molecule has 0 spiro atoms. The zero-order chi connectivity index (χ0) is 15.8. The van der Waals surface area contributed by atoms with E-state index >= 15 is 0 Å². The van der Waals surface area contributed by atoms with Gasteiger partial charge in [-0.3, -0.25) is 4.79 Å². The molecule has 4 rings (SSSR count). The predicted molar refractivity (Wildman–Crippen MR) is 86.2 cm³/mol. The van der Waals surface area contributed by atoms with Crippen LogP contribution in [0.5, 0.6) is 5.75 Å². The van der Waals surface area contributed by atoms with E-state index in [1.54, 1.807) is 30.3 Å². The van der Waals surface area contributed by atoms with Gasteiger partial charge in [0.25, 0.3) is 5.91 Å². The van der Waals surface area contributed by atoms with Crippen LogP contribution in [0.25, 0.3) is 11.3 Å². The summed E-state index contributed by atoms with van der Waals surface area (Å²) in [6.45, 7) is 3.26. The molecule has 2 N–H and O–H groups in total. The molecule has 2 aliphatic heterocycles. The second-order valence-corrected chi connectivity index (χ2v) is 6.53. The Morgan fingerprint density at radius 2 is 2.17 bits per heavy atom. The lowest BCUT2D eigenvalue weighted by Crippen LogP contribution is -2.46. The van der Waals surface area contributed by atoms with Gasteiger partial charge in [-0.05, 0) is 49.6 Å². The maximum atomic E-state index is 12.4. The minimum absolute atomic E-state index is 0.163. The number of amides is 1. The molecule has 5 nitrogen and oxygen atoms in total. The number of phenols is 1. The fraction of sp³-hybridized carbons (Fsp3) is 0.389. The van der Waals surface area contributed by atoms with Crippen molar-refractivity contribution in [3.05, 3.63) is 42.2 Å². The number of nitrogens with one attached hydrogen (secondary N) is 1. The lowest BCUT2D eigenvalue weighted by Gasteiger charge is -2.30. The molecule has 3 atom stereocenters. The lowest BCUT2D eigenvalue weighted by molar-refractivity contribution is 0.0882. The summed E-state index contributed by atoms with van der Waals surface area (Å²) >= 11 is 0. The van der Waals surface area contributed by atoms with Crippen LogP contribution >= 0.6 is 0 Å². The van der Waals surface area contributed by atoms with E-state index in [9.17, 15) is 9.90 Å². The summed E-state index contributed by atoms with van der Waals surface area (Å²) in [5, 5.41) is 12.6. The highest BCUT2D eigenvalue weighted by atomic mass is 16.4. The zero-order valence-electron chi connectivity index (χ0n) is 12.9. The number of phenolic OH excluding ortho intramolecular Hbond substituents is 1. The van der Waals surface area contributed by atoms with Crippen LogP contribution < -0.4 is 5.32 Å². The van der Waals surface area contributed by atoms with Gasteiger partial charge in [0.1, 0.15) is 11.5 Å². The molecule has 5 heteroatoms. The van der Waals surface area contributed by atoms with E-state index in [4.69, 9.17) is 4.42 Å². The number of piperidine rings is 1. The van der Waals surface area contributed by atoms with Gasteiger partial charge in [0.15, 0.2) is 5.76 Å². The van der Waals surface area contributed by atoms with Crippen LogP contribution in [0.2, 0.25) is 0 Å². The molecular weight excluding hydrogens is 292 g/mol. The predicted octanol–water partition coefficient (Wildman–Crippen LogP) is 2.48. The highest BCUT2D eigenvalue weighted by molar-refractivity contribution is 5.92. The summed E-state index contributed by atoms with van der Waals surface area (Å²) in [6, 6.07) is 10.5. The number of furan rings is 1. The Morgan fingerprint density at radius 3 is 3.00 bits per heavy atom. The summed E-state index contributed by atoms with van der Waals surface area (Å²) in [6.07, 6.45) is 2.30. The number of carbonyl (C=O) groups is 1. The minimum Gasteiger partial charge on any atom is -0.508 e. The first-order valence-electron chi connectivity index (χ1n) is 8.10. The second-order valence-electron chi connectivity index (χ2n) is 6.53. The third kappa shape index (κ3) is 2.97. The van der Waals surface area contributed by atoms with Crippen LogP contribution in [-0.2, 0) is 0 Å². The van der Waals surface area contributed by atoms with E-state index in [1.807, 2.05) is 6.07 Å². The molecule has 0 saturated carbocycles. The van der Waals surface area contributed by atoms with Crippen LogP contribution in [-0.4, -0.2) is 41.6 Å². The topological polar surface area (TPSA) is 65.7 Å². The van der Waals surface area contributed by atoms with Crippen LogP contribution in [0, 0.1) is 5.92 Å². The van der Waals surface area contributed by atoms with E-state index in [2.05, 4.69) is 10.2 Å². The quantitative estimate of drug-likeness (QED) is 0.914. The summed E-state index contributed by atoms with van der Waals surface area (Å²) in [5.74, 6) is 1.63.